The number of likely N-dealkylation sites (N-methyl/N-ethyl adjacent to an activating group) is 2. The molecule has 0 saturated carbocycles. The SMILES string of the molecule is C=C1C=C(C(=O)NC2CC(C(N)=O)N(C(=O)[C@@H](NC(=O)C(C)NC)C(C)(C)C)C2)NC(C(=O)N2CCN(C(=O)C(NC(=O)CNC)C(C)(C)C)C2)=C1. The van der Waals surface area contributed by atoms with Crippen molar-refractivity contribution in [3.05, 3.63) is 35.7 Å². The number of dihydropyridines is 1. The lowest BCUT2D eigenvalue weighted by molar-refractivity contribution is -0.143. The summed E-state index contributed by atoms with van der Waals surface area (Å²) in [6.45, 7) is 17.0. The highest BCUT2D eigenvalue weighted by atomic mass is 16.2. The highest BCUT2D eigenvalue weighted by Crippen LogP contribution is 2.27. The minimum Gasteiger partial charge on any atom is -0.368 e. The average molecular weight is 729 g/mol. The second-order valence-corrected chi connectivity index (χ2v) is 15.7. The van der Waals surface area contributed by atoms with Gasteiger partial charge in [0.1, 0.15) is 29.5 Å². The van der Waals surface area contributed by atoms with Crippen LogP contribution in [0.3, 0.4) is 0 Å². The first kappa shape index (κ1) is 41.6. The highest BCUT2D eigenvalue weighted by molar-refractivity contribution is 6.01. The lowest BCUT2D eigenvalue weighted by Crippen LogP contribution is -2.59. The Labute approximate surface area is 305 Å². The van der Waals surface area contributed by atoms with Gasteiger partial charge in [-0.05, 0) is 56.0 Å². The summed E-state index contributed by atoms with van der Waals surface area (Å²) in [4.78, 5) is 96.3. The molecule has 5 atom stereocenters. The maximum absolute atomic E-state index is 13.8. The van der Waals surface area contributed by atoms with Gasteiger partial charge < -0.3 is 52.3 Å². The standard InChI is InChI=1S/C35H56N10O7/c1-19-13-22(40-23(14-19)31(50)43-11-12-44(18-43)32(51)26(34(3,4)5)41-25(46)16-37-9)30(49)39-21-15-24(28(36)47)45(17-21)33(52)27(35(6,7)8)42-29(48)20(2)38-10/h13-14,20-21,24,26-27,37-38,40H,1,11-12,15-18H2,2-10H3,(H2,36,47)(H,39,49)(H,41,46)(H,42,48)/t20?,21?,24?,26?,27-/m1/s1. The van der Waals surface area contributed by atoms with Gasteiger partial charge in [0.2, 0.25) is 29.5 Å². The van der Waals surface area contributed by atoms with Crippen molar-refractivity contribution < 1.29 is 33.6 Å². The van der Waals surface area contributed by atoms with Crippen molar-refractivity contribution in [3.8, 4) is 0 Å². The molecular weight excluding hydrogens is 672 g/mol. The van der Waals surface area contributed by atoms with Crippen LogP contribution in [0.5, 0.6) is 0 Å². The number of nitrogens with two attached hydrogens (primary N) is 1. The second-order valence-electron chi connectivity index (χ2n) is 15.7. The number of carbonyl (C=O) groups excluding carboxylic acids is 7. The van der Waals surface area contributed by atoms with Gasteiger partial charge in [-0.1, -0.05) is 48.1 Å². The summed E-state index contributed by atoms with van der Waals surface area (Å²) in [5.74, 6) is -3.35. The summed E-state index contributed by atoms with van der Waals surface area (Å²) in [5, 5.41) is 16.9. The van der Waals surface area contributed by atoms with E-state index in [4.69, 9.17) is 5.73 Å². The monoisotopic (exact) mass is 728 g/mol. The minimum absolute atomic E-state index is 0.0179. The van der Waals surface area contributed by atoms with Gasteiger partial charge >= 0.3 is 0 Å². The van der Waals surface area contributed by atoms with Crippen molar-refractivity contribution in [1.29, 1.82) is 0 Å². The van der Waals surface area contributed by atoms with Crippen LogP contribution in [0.4, 0.5) is 0 Å². The van der Waals surface area contributed by atoms with Crippen molar-refractivity contribution in [2.75, 3.05) is 46.9 Å². The topological polar surface area (TPSA) is 227 Å². The third-order valence-corrected chi connectivity index (χ3v) is 9.21. The van der Waals surface area contributed by atoms with Crippen molar-refractivity contribution in [2.45, 2.75) is 85.1 Å². The molecule has 0 aromatic rings. The minimum atomic E-state index is -1.03. The van der Waals surface area contributed by atoms with Crippen LogP contribution >= 0.6 is 0 Å². The molecule has 0 radical (unpaired) electrons. The van der Waals surface area contributed by atoms with Gasteiger partial charge in [-0.15, -0.1) is 0 Å². The zero-order chi connectivity index (χ0) is 39.3. The summed E-state index contributed by atoms with van der Waals surface area (Å²) in [5.41, 5.74) is 4.85. The number of likely N-dealkylation sites (tertiary alicyclic amines) is 1. The Morgan fingerprint density at radius 3 is 2.04 bits per heavy atom. The van der Waals surface area contributed by atoms with E-state index in [0.29, 0.717) is 5.57 Å². The lowest BCUT2D eigenvalue weighted by atomic mass is 9.85. The van der Waals surface area contributed by atoms with E-state index in [1.54, 1.807) is 41.8 Å². The quantitative estimate of drug-likeness (QED) is 0.117. The fraction of sp³-hybridized carbons (Fsp3) is 0.629. The second kappa shape index (κ2) is 16.7. The van der Waals surface area contributed by atoms with Crippen LogP contribution in [0.25, 0.3) is 0 Å². The number of rotatable bonds is 12. The molecule has 3 aliphatic heterocycles. The van der Waals surface area contributed by atoms with Gasteiger partial charge in [0.05, 0.1) is 19.3 Å². The Hall–Kier alpha value is -4.77. The van der Waals surface area contributed by atoms with Crippen LogP contribution in [0.1, 0.15) is 54.9 Å². The molecule has 17 heteroatoms. The van der Waals surface area contributed by atoms with Crippen molar-refractivity contribution in [2.24, 2.45) is 16.6 Å². The number of hydrogen-bond donors (Lipinski definition) is 7. The molecule has 8 N–H and O–H groups in total. The van der Waals surface area contributed by atoms with E-state index < -0.39 is 64.7 Å². The van der Waals surface area contributed by atoms with Gasteiger partial charge in [0, 0.05) is 25.7 Å². The van der Waals surface area contributed by atoms with Gasteiger partial charge in [0.25, 0.3) is 11.8 Å². The number of nitrogens with zero attached hydrogens (tertiary/aromatic N) is 3. The smallest absolute Gasteiger partial charge is 0.271 e. The van der Waals surface area contributed by atoms with E-state index in [0.717, 1.165) is 0 Å². The van der Waals surface area contributed by atoms with Gasteiger partial charge in [-0.3, -0.25) is 33.6 Å². The largest absolute Gasteiger partial charge is 0.368 e. The maximum Gasteiger partial charge on any atom is 0.271 e. The van der Waals surface area contributed by atoms with Crippen LogP contribution < -0.4 is 37.6 Å². The molecule has 3 aliphatic rings. The fourth-order valence-electron chi connectivity index (χ4n) is 6.11. The van der Waals surface area contributed by atoms with E-state index in [1.807, 2.05) is 20.8 Å². The molecule has 0 aliphatic carbocycles. The van der Waals surface area contributed by atoms with E-state index in [9.17, 15) is 33.6 Å². The van der Waals surface area contributed by atoms with E-state index in [1.165, 1.54) is 26.9 Å². The first-order chi connectivity index (χ1) is 24.1. The molecular formula is C35H56N10O7. The third-order valence-electron chi connectivity index (χ3n) is 9.21. The summed E-state index contributed by atoms with van der Waals surface area (Å²) < 4.78 is 0. The average Bonchev–Trinajstić information content (AvgIpc) is 3.72. The zero-order valence-electron chi connectivity index (χ0n) is 31.8. The normalized spacial score (nSPS) is 20.9. The lowest BCUT2D eigenvalue weighted by Gasteiger charge is -2.35. The van der Waals surface area contributed by atoms with E-state index in [-0.39, 0.29) is 68.4 Å². The summed E-state index contributed by atoms with van der Waals surface area (Å²) in [6.07, 6.45) is 3.00. The number of hydrogen-bond acceptors (Lipinski definition) is 10. The maximum atomic E-state index is 13.8. The van der Waals surface area contributed by atoms with Crippen molar-refractivity contribution in [1.82, 2.24) is 46.6 Å². The number of nitrogens with one attached hydrogen (secondary N) is 6. The molecule has 2 fully saturated rings. The van der Waals surface area contributed by atoms with Crippen LogP contribution in [0, 0.1) is 10.8 Å². The molecule has 3 heterocycles. The van der Waals surface area contributed by atoms with Crippen LogP contribution in [0.2, 0.25) is 0 Å². The first-order valence-electron chi connectivity index (χ1n) is 17.4. The fourth-order valence-corrected chi connectivity index (χ4v) is 6.11. The molecule has 4 unspecified atom stereocenters. The van der Waals surface area contributed by atoms with E-state index in [2.05, 4.69) is 38.5 Å². The molecule has 0 aromatic carbocycles. The van der Waals surface area contributed by atoms with Crippen molar-refractivity contribution in [3.63, 3.8) is 0 Å². The predicted molar refractivity (Wildman–Crippen MR) is 193 cm³/mol. The van der Waals surface area contributed by atoms with Crippen LogP contribution in [0.15, 0.2) is 35.7 Å². The number of amides is 7. The Morgan fingerprint density at radius 2 is 1.48 bits per heavy atom. The number of allylic oxidation sites excluding steroid dienone is 3. The summed E-state index contributed by atoms with van der Waals surface area (Å²) >= 11 is 0. The van der Waals surface area contributed by atoms with E-state index >= 15 is 0 Å². The molecule has 0 spiro atoms. The Balaban J connectivity index is 1.68. The molecule has 0 bridgehead atoms. The molecule has 288 valence electrons. The first-order valence-corrected chi connectivity index (χ1v) is 17.4. The molecule has 52 heavy (non-hydrogen) atoms. The van der Waals surface area contributed by atoms with Gasteiger partial charge in [-0.2, -0.15) is 0 Å². The zero-order valence-corrected chi connectivity index (χ0v) is 31.8. The molecule has 0 aromatic heterocycles. The van der Waals surface area contributed by atoms with Gasteiger partial charge in [0.15, 0.2) is 0 Å². The molecule has 17 nitrogen and oxygen atoms in total. The third kappa shape index (κ3) is 10.2. The molecule has 7 amide bonds. The van der Waals surface area contributed by atoms with Gasteiger partial charge in [-0.25, -0.2) is 0 Å². The molecule has 3 rings (SSSR count). The summed E-state index contributed by atoms with van der Waals surface area (Å²) in [6, 6.07) is -4.07. The Bertz CT molecular complexity index is 1530. The number of carbonyl (C=O) groups is 7. The molecule has 2 saturated heterocycles. The summed E-state index contributed by atoms with van der Waals surface area (Å²) in [7, 11) is 3.26. The number of primary amides is 1. The van der Waals surface area contributed by atoms with Crippen LogP contribution in [-0.4, -0.2) is 133 Å². The Kier molecular flexibility index (Phi) is 13.4. The Morgan fingerprint density at radius 1 is 0.904 bits per heavy atom. The highest BCUT2D eigenvalue weighted by Gasteiger charge is 2.45. The predicted octanol–water partition coefficient (Wildman–Crippen LogP) is -2.00. The van der Waals surface area contributed by atoms with Crippen LogP contribution in [-0.2, 0) is 33.6 Å². The van der Waals surface area contributed by atoms with Crippen molar-refractivity contribution >= 4 is 41.4 Å².